The van der Waals surface area contributed by atoms with E-state index in [0.717, 1.165) is 13.2 Å². The molecule has 0 amide bonds. The lowest BCUT2D eigenvalue weighted by molar-refractivity contribution is 0.0639. The molecule has 0 aromatic heterocycles. The lowest BCUT2D eigenvalue weighted by Gasteiger charge is -2.11. The average Bonchev–Trinajstić information content (AvgIpc) is 2.53. The molecule has 0 N–H and O–H groups in total. The molecule has 0 radical (unpaired) electrons. The molecule has 62 valence electrons. The number of rotatable bonds is 1. The maximum Gasteiger partial charge on any atom is 0.0924 e. The Balaban J connectivity index is 2.10. The Kier molecular flexibility index (Phi) is 1.74. The van der Waals surface area contributed by atoms with E-state index in [1.165, 1.54) is 0 Å². The fourth-order valence-electron chi connectivity index (χ4n) is 1.92. The molecule has 11 heavy (non-hydrogen) atoms. The van der Waals surface area contributed by atoms with E-state index < -0.39 is 0 Å². The lowest BCUT2D eigenvalue weighted by atomic mass is 9.98. The molecule has 4 atom stereocenters. The van der Waals surface area contributed by atoms with E-state index in [2.05, 4.69) is 13.5 Å². The van der Waals surface area contributed by atoms with Gasteiger partial charge in [-0.2, -0.15) is 0 Å². The highest BCUT2D eigenvalue weighted by molar-refractivity contribution is 4.98. The van der Waals surface area contributed by atoms with Gasteiger partial charge in [0.15, 0.2) is 0 Å². The van der Waals surface area contributed by atoms with Crippen molar-refractivity contribution in [2.75, 3.05) is 13.2 Å². The second-order valence-corrected chi connectivity index (χ2v) is 3.47. The standard InChI is InChI=1S/C9H14O2/c1-3-7-5-11-8-6(2)4-10-9(7)8/h3,6-9H,1,4-5H2,2H3. The van der Waals surface area contributed by atoms with Crippen molar-refractivity contribution in [3.8, 4) is 0 Å². The predicted molar refractivity (Wildman–Crippen MR) is 42.3 cm³/mol. The number of hydrogen-bond acceptors (Lipinski definition) is 2. The van der Waals surface area contributed by atoms with Crippen molar-refractivity contribution in [3.05, 3.63) is 12.7 Å². The van der Waals surface area contributed by atoms with Gasteiger partial charge >= 0.3 is 0 Å². The molecule has 0 aromatic rings. The molecular weight excluding hydrogens is 140 g/mol. The fourth-order valence-corrected chi connectivity index (χ4v) is 1.92. The van der Waals surface area contributed by atoms with Crippen LogP contribution in [-0.2, 0) is 9.47 Å². The van der Waals surface area contributed by atoms with Crippen molar-refractivity contribution in [1.82, 2.24) is 0 Å². The van der Waals surface area contributed by atoms with Crippen LogP contribution in [0.15, 0.2) is 12.7 Å². The predicted octanol–water partition coefficient (Wildman–Crippen LogP) is 1.22. The molecule has 2 rings (SSSR count). The summed E-state index contributed by atoms with van der Waals surface area (Å²) in [6.45, 7) is 7.59. The van der Waals surface area contributed by atoms with E-state index in [1.54, 1.807) is 0 Å². The van der Waals surface area contributed by atoms with Crippen LogP contribution >= 0.6 is 0 Å². The summed E-state index contributed by atoms with van der Waals surface area (Å²) in [5.74, 6) is 0.981. The Morgan fingerprint density at radius 1 is 1.27 bits per heavy atom. The molecule has 0 bridgehead atoms. The van der Waals surface area contributed by atoms with E-state index in [1.807, 2.05) is 6.08 Å². The van der Waals surface area contributed by atoms with Gasteiger partial charge in [-0.25, -0.2) is 0 Å². The van der Waals surface area contributed by atoms with Gasteiger partial charge in [0, 0.05) is 11.8 Å². The van der Waals surface area contributed by atoms with Crippen LogP contribution in [0.2, 0.25) is 0 Å². The van der Waals surface area contributed by atoms with Gasteiger partial charge in [-0.15, -0.1) is 6.58 Å². The molecule has 0 aromatic carbocycles. The fraction of sp³-hybridized carbons (Fsp3) is 0.778. The molecule has 0 saturated carbocycles. The van der Waals surface area contributed by atoms with Crippen LogP contribution in [0, 0.1) is 11.8 Å². The van der Waals surface area contributed by atoms with Gasteiger partial charge in [0.05, 0.1) is 25.4 Å². The Bertz CT molecular complexity index is 167. The number of ether oxygens (including phenoxy) is 2. The molecule has 0 aliphatic carbocycles. The molecule has 0 spiro atoms. The molecule has 2 fully saturated rings. The van der Waals surface area contributed by atoms with Crippen molar-refractivity contribution in [3.63, 3.8) is 0 Å². The first-order valence-electron chi connectivity index (χ1n) is 4.18. The van der Waals surface area contributed by atoms with Crippen molar-refractivity contribution >= 4 is 0 Å². The highest BCUT2D eigenvalue weighted by atomic mass is 16.6. The third kappa shape index (κ3) is 1.01. The summed E-state index contributed by atoms with van der Waals surface area (Å²) in [7, 11) is 0. The zero-order chi connectivity index (χ0) is 7.84. The smallest absolute Gasteiger partial charge is 0.0924 e. The largest absolute Gasteiger partial charge is 0.374 e. The Morgan fingerprint density at radius 3 is 2.73 bits per heavy atom. The molecular formula is C9H14O2. The first-order valence-corrected chi connectivity index (χ1v) is 4.18. The highest BCUT2D eigenvalue weighted by Crippen LogP contribution is 2.34. The molecule has 2 nitrogen and oxygen atoms in total. The van der Waals surface area contributed by atoms with Gasteiger partial charge in [0.1, 0.15) is 0 Å². The first kappa shape index (κ1) is 7.32. The SMILES string of the molecule is C=CC1COC2C(C)COC12. The Morgan fingerprint density at radius 2 is 2.00 bits per heavy atom. The number of hydrogen-bond donors (Lipinski definition) is 0. The Hall–Kier alpha value is -0.340. The zero-order valence-electron chi connectivity index (χ0n) is 6.82. The van der Waals surface area contributed by atoms with Crippen molar-refractivity contribution < 1.29 is 9.47 Å². The summed E-state index contributed by atoms with van der Waals surface area (Å²) in [6.07, 6.45) is 2.57. The normalized spacial score (nSPS) is 49.2. The van der Waals surface area contributed by atoms with Crippen LogP contribution in [0.3, 0.4) is 0 Å². The third-order valence-corrected chi connectivity index (χ3v) is 2.64. The Labute approximate surface area is 67.2 Å². The molecule has 2 heteroatoms. The van der Waals surface area contributed by atoms with Crippen LogP contribution < -0.4 is 0 Å². The summed E-state index contributed by atoms with van der Waals surface area (Å²) in [5, 5.41) is 0. The minimum absolute atomic E-state index is 0.294. The van der Waals surface area contributed by atoms with E-state index in [9.17, 15) is 0 Å². The van der Waals surface area contributed by atoms with Gasteiger partial charge < -0.3 is 9.47 Å². The second-order valence-electron chi connectivity index (χ2n) is 3.47. The van der Waals surface area contributed by atoms with Gasteiger partial charge in [-0.05, 0) is 0 Å². The minimum Gasteiger partial charge on any atom is -0.374 e. The second kappa shape index (κ2) is 2.61. The summed E-state index contributed by atoms with van der Waals surface area (Å²) in [5.41, 5.74) is 0. The number of fused-ring (bicyclic) bond motifs is 1. The van der Waals surface area contributed by atoms with Gasteiger partial charge in [0.25, 0.3) is 0 Å². The molecule has 2 aliphatic heterocycles. The van der Waals surface area contributed by atoms with E-state index in [-0.39, 0.29) is 0 Å². The highest BCUT2D eigenvalue weighted by Gasteiger charge is 2.44. The van der Waals surface area contributed by atoms with Gasteiger partial charge in [-0.3, -0.25) is 0 Å². The van der Waals surface area contributed by atoms with Crippen LogP contribution in [0.5, 0.6) is 0 Å². The van der Waals surface area contributed by atoms with Crippen LogP contribution in [0.4, 0.5) is 0 Å². The topological polar surface area (TPSA) is 18.5 Å². The third-order valence-electron chi connectivity index (χ3n) is 2.64. The van der Waals surface area contributed by atoms with Gasteiger partial charge in [-0.1, -0.05) is 13.0 Å². The summed E-state index contributed by atoms with van der Waals surface area (Å²) in [6, 6.07) is 0. The van der Waals surface area contributed by atoms with Crippen molar-refractivity contribution in [2.45, 2.75) is 19.1 Å². The minimum atomic E-state index is 0.294. The van der Waals surface area contributed by atoms with Crippen molar-refractivity contribution in [1.29, 1.82) is 0 Å². The molecule has 4 unspecified atom stereocenters. The molecule has 2 aliphatic rings. The average molecular weight is 154 g/mol. The molecule has 2 heterocycles. The van der Waals surface area contributed by atoms with E-state index >= 15 is 0 Å². The summed E-state index contributed by atoms with van der Waals surface area (Å²) < 4.78 is 11.2. The maximum absolute atomic E-state index is 5.60. The summed E-state index contributed by atoms with van der Waals surface area (Å²) >= 11 is 0. The summed E-state index contributed by atoms with van der Waals surface area (Å²) in [4.78, 5) is 0. The van der Waals surface area contributed by atoms with Crippen LogP contribution in [-0.4, -0.2) is 25.4 Å². The lowest BCUT2D eigenvalue weighted by Crippen LogP contribution is -2.23. The van der Waals surface area contributed by atoms with Crippen molar-refractivity contribution in [2.24, 2.45) is 11.8 Å². The van der Waals surface area contributed by atoms with Crippen LogP contribution in [0.25, 0.3) is 0 Å². The van der Waals surface area contributed by atoms with Gasteiger partial charge in [0.2, 0.25) is 0 Å². The first-order chi connectivity index (χ1) is 5.33. The monoisotopic (exact) mass is 154 g/mol. The van der Waals surface area contributed by atoms with E-state index in [4.69, 9.17) is 9.47 Å². The zero-order valence-corrected chi connectivity index (χ0v) is 6.82. The quantitative estimate of drug-likeness (QED) is 0.529. The van der Waals surface area contributed by atoms with E-state index in [0.29, 0.717) is 24.0 Å². The van der Waals surface area contributed by atoms with Crippen LogP contribution in [0.1, 0.15) is 6.92 Å². The maximum atomic E-state index is 5.60. The molecule has 2 saturated heterocycles.